The number of fused-ring (bicyclic) bond motifs is 4. The smallest absolute Gasteiger partial charge is 0.226 e. The van der Waals surface area contributed by atoms with Crippen LogP contribution in [0.25, 0.3) is 0 Å². The van der Waals surface area contributed by atoms with E-state index in [1.54, 1.807) is 0 Å². The van der Waals surface area contributed by atoms with Gasteiger partial charge < -0.3 is 10.2 Å². The van der Waals surface area contributed by atoms with Crippen LogP contribution in [0.1, 0.15) is 29.9 Å². The second-order valence-electron chi connectivity index (χ2n) is 7.31. The Morgan fingerprint density at radius 2 is 2.10 bits per heavy atom. The average molecular weight is 282 g/mol. The van der Waals surface area contributed by atoms with Crippen molar-refractivity contribution < 1.29 is 4.79 Å². The third kappa shape index (κ3) is 1.73. The number of likely N-dealkylation sites (tertiary alicyclic amines) is 1. The summed E-state index contributed by atoms with van der Waals surface area (Å²) in [4.78, 5) is 15.1. The predicted octanol–water partition coefficient (Wildman–Crippen LogP) is 1.78. The van der Waals surface area contributed by atoms with Crippen molar-refractivity contribution in [3.05, 3.63) is 35.4 Å². The standard InChI is InChI=1S/C18H22N2O/c21-18(20-9-12-7-8-19-15(12)10-20)17-14-6-5-11-3-1-2-4-13(11)16(14)17/h1-4,12,14-17,19H,5-10H2/t12-,14?,15+,16?,17?/m0/s1. The number of hydrogen-bond donors (Lipinski definition) is 1. The Kier molecular flexibility index (Phi) is 2.52. The molecule has 1 aromatic carbocycles. The minimum absolute atomic E-state index is 0.285. The largest absolute Gasteiger partial charge is 0.341 e. The van der Waals surface area contributed by atoms with Crippen LogP contribution in [0.4, 0.5) is 0 Å². The molecule has 3 heteroatoms. The van der Waals surface area contributed by atoms with E-state index in [1.165, 1.54) is 24.0 Å². The highest BCUT2D eigenvalue weighted by Gasteiger charge is 2.58. The van der Waals surface area contributed by atoms with Crippen LogP contribution in [-0.4, -0.2) is 36.5 Å². The number of carbonyl (C=O) groups excluding carboxylic acids is 1. The second-order valence-corrected chi connectivity index (χ2v) is 7.31. The molecule has 21 heavy (non-hydrogen) atoms. The summed E-state index contributed by atoms with van der Waals surface area (Å²) in [6, 6.07) is 9.33. The second kappa shape index (κ2) is 4.33. The van der Waals surface area contributed by atoms with Gasteiger partial charge in [-0.2, -0.15) is 0 Å². The summed E-state index contributed by atoms with van der Waals surface area (Å²) in [5.74, 6) is 2.59. The minimum Gasteiger partial charge on any atom is -0.341 e. The maximum atomic E-state index is 12.9. The van der Waals surface area contributed by atoms with E-state index in [2.05, 4.69) is 34.5 Å². The van der Waals surface area contributed by atoms with Gasteiger partial charge in [-0.05, 0) is 54.7 Å². The summed E-state index contributed by atoms with van der Waals surface area (Å²) in [5, 5.41) is 3.55. The topological polar surface area (TPSA) is 32.3 Å². The molecule has 0 radical (unpaired) electrons. The molecule has 110 valence electrons. The van der Waals surface area contributed by atoms with Crippen LogP contribution in [0.3, 0.4) is 0 Å². The number of carbonyl (C=O) groups is 1. The van der Waals surface area contributed by atoms with E-state index >= 15 is 0 Å². The van der Waals surface area contributed by atoms with E-state index in [4.69, 9.17) is 0 Å². The van der Waals surface area contributed by atoms with Crippen molar-refractivity contribution >= 4 is 5.91 Å². The fourth-order valence-electron chi connectivity index (χ4n) is 5.14. The highest BCUT2D eigenvalue weighted by atomic mass is 16.2. The van der Waals surface area contributed by atoms with Gasteiger partial charge in [0.05, 0.1) is 0 Å². The first-order valence-corrected chi connectivity index (χ1v) is 8.43. The summed E-state index contributed by atoms with van der Waals surface area (Å²) >= 11 is 0. The predicted molar refractivity (Wildman–Crippen MR) is 81.0 cm³/mol. The number of nitrogens with zero attached hydrogens (tertiary/aromatic N) is 1. The van der Waals surface area contributed by atoms with Gasteiger partial charge in [0.2, 0.25) is 5.91 Å². The minimum atomic E-state index is 0.285. The number of rotatable bonds is 1. The summed E-state index contributed by atoms with van der Waals surface area (Å²) in [5.41, 5.74) is 2.94. The molecule has 3 nitrogen and oxygen atoms in total. The van der Waals surface area contributed by atoms with Gasteiger partial charge >= 0.3 is 0 Å². The van der Waals surface area contributed by atoms with E-state index in [0.717, 1.165) is 26.1 Å². The summed E-state index contributed by atoms with van der Waals surface area (Å²) in [6.45, 7) is 3.08. The highest BCUT2D eigenvalue weighted by molar-refractivity contribution is 5.84. The fourth-order valence-corrected chi connectivity index (χ4v) is 5.14. The van der Waals surface area contributed by atoms with Gasteiger partial charge in [-0.1, -0.05) is 24.3 Å². The monoisotopic (exact) mass is 282 g/mol. The highest BCUT2D eigenvalue weighted by Crippen LogP contribution is 2.60. The van der Waals surface area contributed by atoms with Gasteiger partial charge in [-0.15, -0.1) is 0 Å². The third-order valence-corrected chi connectivity index (χ3v) is 6.29. The summed E-state index contributed by atoms with van der Waals surface area (Å²) < 4.78 is 0. The zero-order valence-electron chi connectivity index (χ0n) is 12.3. The normalized spacial score (nSPS) is 39.6. The Balaban J connectivity index is 1.35. The molecule has 5 rings (SSSR count). The Bertz CT molecular complexity index is 587. The van der Waals surface area contributed by atoms with Crippen molar-refractivity contribution in [2.75, 3.05) is 19.6 Å². The lowest BCUT2D eigenvalue weighted by molar-refractivity contribution is -0.132. The zero-order chi connectivity index (χ0) is 14.0. The first-order valence-electron chi connectivity index (χ1n) is 8.43. The lowest BCUT2D eigenvalue weighted by Crippen LogP contribution is -2.35. The molecule has 1 aromatic rings. The lowest BCUT2D eigenvalue weighted by Gasteiger charge is -2.17. The molecule has 0 bridgehead atoms. The van der Waals surface area contributed by atoms with Gasteiger partial charge in [0.25, 0.3) is 0 Å². The SMILES string of the molecule is O=C(C1C2CCc3ccccc3C21)N1C[C@@H]2CCN[C@@H]2C1. The Labute approximate surface area is 125 Å². The maximum Gasteiger partial charge on any atom is 0.226 e. The molecule has 1 amide bonds. The summed E-state index contributed by atoms with van der Waals surface area (Å²) in [6.07, 6.45) is 3.61. The Morgan fingerprint density at radius 1 is 1.19 bits per heavy atom. The van der Waals surface area contributed by atoms with Crippen molar-refractivity contribution in [3.8, 4) is 0 Å². The molecule has 2 heterocycles. The average Bonchev–Trinajstić information content (AvgIpc) is 2.84. The number of nitrogens with one attached hydrogen (secondary N) is 1. The van der Waals surface area contributed by atoms with E-state index in [-0.39, 0.29) is 5.92 Å². The zero-order valence-corrected chi connectivity index (χ0v) is 12.3. The van der Waals surface area contributed by atoms with Crippen LogP contribution in [0.15, 0.2) is 24.3 Å². The molecule has 1 N–H and O–H groups in total. The van der Waals surface area contributed by atoms with E-state index in [1.807, 2.05) is 0 Å². The molecule has 4 aliphatic rings. The molecular formula is C18H22N2O. The molecule has 3 fully saturated rings. The van der Waals surface area contributed by atoms with Crippen molar-refractivity contribution in [2.24, 2.45) is 17.8 Å². The molecule has 2 aliphatic heterocycles. The van der Waals surface area contributed by atoms with Crippen molar-refractivity contribution in [3.63, 3.8) is 0 Å². The number of hydrogen-bond acceptors (Lipinski definition) is 2. The molecule has 1 saturated carbocycles. The van der Waals surface area contributed by atoms with Crippen molar-refractivity contribution in [1.82, 2.24) is 10.2 Å². The van der Waals surface area contributed by atoms with Crippen LogP contribution < -0.4 is 5.32 Å². The van der Waals surface area contributed by atoms with Crippen LogP contribution >= 0.6 is 0 Å². The van der Waals surface area contributed by atoms with Crippen molar-refractivity contribution in [1.29, 1.82) is 0 Å². The first-order chi connectivity index (χ1) is 10.3. The van der Waals surface area contributed by atoms with Gasteiger partial charge in [-0.3, -0.25) is 4.79 Å². The van der Waals surface area contributed by atoms with Crippen LogP contribution in [0.2, 0.25) is 0 Å². The van der Waals surface area contributed by atoms with E-state index in [9.17, 15) is 4.79 Å². The van der Waals surface area contributed by atoms with E-state index < -0.39 is 0 Å². The molecule has 0 aromatic heterocycles. The van der Waals surface area contributed by atoms with Gasteiger partial charge in [0.15, 0.2) is 0 Å². The van der Waals surface area contributed by atoms with Crippen LogP contribution in [-0.2, 0) is 11.2 Å². The van der Waals surface area contributed by atoms with Gasteiger partial charge in [0.1, 0.15) is 0 Å². The quantitative estimate of drug-likeness (QED) is 0.851. The fraction of sp³-hybridized carbons (Fsp3) is 0.611. The molecule has 5 atom stereocenters. The van der Waals surface area contributed by atoms with Crippen LogP contribution in [0, 0.1) is 17.8 Å². The van der Waals surface area contributed by atoms with Gasteiger partial charge in [-0.25, -0.2) is 0 Å². The first kappa shape index (κ1) is 12.2. The third-order valence-electron chi connectivity index (χ3n) is 6.29. The lowest BCUT2D eigenvalue weighted by atomic mass is 9.92. The van der Waals surface area contributed by atoms with E-state index in [0.29, 0.717) is 29.7 Å². The van der Waals surface area contributed by atoms with Gasteiger partial charge in [0, 0.05) is 25.0 Å². The van der Waals surface area contributed by atoms with Crippen LogP contribution in [0.5, 0.6) is 0 Å². The Morgan fingerprint density at radius 3 is 3.00 bits per heavy atom. The number of amides is 1. The molecule has 2 aliphatic carbocycles. The molecule has 3 unspecified atom stereocenters. The molecular weight excluding hydrogens is 260 g/mol. The Hall–Kier alpha value is -1.35. The van der Waals surface area contributed by atoms with Crippen molar-refractivity contribution in [2.45, 2.75) is 31.2 Å². The maximum absolute atomic E-state index is 12.9. The number of aryl methyl sites for hydroxylation is 1. The molecule has 0 spiro atoms. The molecule has 2 saturated heterocycles. The summed E-state index contributed by atoms with van der Waals surface area (Å²) in [7, 11) is 0. The number of benzene rings is 1.